The first kappa shape index (κ1) is 13.0. The molecule has 1 heterocycles. The molecule has 0 amide bonds. The Morgan fingerprint density at radius 2 is 1.27 bits per heavy atom. The van der Waals surface area contributed by atoms with Crippen LogP contribution in [0.25, 0.3) is 0 Å². The summed E-state index contributed by atoms with van der Waals surface area (Å²) in [5, 5.41) is 0. The van der Waals surface area contributed by atoms with E-state index in [1.807, 2.05) is 13.8 Å². The lowest BCUT2D eigenvalue weighted by Gasteiger charge is -2.16. The molecule has 1 rings (SSSR count). The Morgan fingerprint density at radius 3 is 1.60 bits per heavy atom. The van der Waals surface area contributed by atoms with E-state index in [4.69, 9.17) is 9.47 Å². The van der Waals surface area contributed by atoms with Crippen LogP contribution in [0.2, 0.25) is 0 Å². The number of rotatable bonds is 6. The maximum Gasteiger partial charge on any atom is 0.163 e. The standard InChI is InChI=1S/C13H26O2/c1-5-7-9-11-12(10-8-6-2)15-13(3,4)14-11/h11-12H,5-10H2,1-4H3/t11-,12-/m0/s1. The van der Waals surface area contributed by atoms with Crippen LogP contribution in [0.15, 0.2) is 0 Å². The molecular weight excluding hydrogens is 188 g/mol. The van der Waals surface area contributed by atoms with Gasteiger partial charge in [0.1, 0.15) is 0 Å². The SMILES string of the molecule is CCCC[C@@H]1OC(C)(C)O[C@H]1CCCC. The van der Waals surface area contributed by atoms with Gasteiger partial charge in [-0.1, -0.05) is 39.5 Å². The Bertz CT molecular complexity index is 159. The molecule has 0 saturated carbocycles. The summed E-state index contributed by atoms with van der Waals surface area (Å²) in [6, 6.07) is 0. The van der Waals surface area contributed by atoms with Crippen LogP contribution < -0.4 is 0 Å². The van der Waals surface area contributed by atoms with Gasteiger partial charge in [-0.2, -0.15) is 0 Å². The first-order chi connectivity index (χ1) is 7.09. The second-order valence-electron chi connectivity index (χ2n) is 5.00. The topological polar surface area (TPSA) is 18.5 Å². The van der Waals surface area contributed by atoms with Gasteiger partial charge in [0.25, 0.3) is 0 Å². The van der Waals surface area contributed by atoms with Crippen LogP contribution in [-0.4, -0.2) is 18.0 Å². The van der Waals surface area contributed by atoms with Crippen molar-refractivity contribution in [1.82, 2.24) is 0 Å². The Hall–Kier alpha value is -0.0800. The highest BCUT2D eigenvalue weighted by molar-refractivity contribution is 4.81. The van der Waals surface area contributed by atoms with E-state index in [9.17, 15) is 0 Å². The van der Waals surface area contributed by atoms with Gasteiger partial charge in [-0.15, -0.1) is 0 Å². The monoisotopic (exact) mass is 214 g/mol. The molecule has 0 bridgehead atoms. The lowest BCUT2D eigenvalue weighted by atomic mass is 10.0. The molecule has 2 atom stereocenters. The van der Waals surface area contributed by atoms with Gasteiger partial charge in [-0.05, 0) is 26.7 Å². The Labute approximate surface area is 94.3 Å². The van der Waals surface area contributed by atoms with Crippen LogP contribution in [0, 0.1) is 0 Å². The van der Waals surface area contributed by atoms with E-state index < -0.39 is 0 Å². The van der Waals surface area contributed by atoms with Gasteiger partial charge in [-0.3, -0.25) is 0 Å². The average molecular weight is 214 g/mol. The third-order valence-electron chi connectivity index (χ3n) is 2.97. The molecule has 15 heavy (non-hydrogen) atoms. The average Bonchev–Trinajstić information content (AvgIpc) is 2.47. The molecule has 2 nitrogen and oxygen atoms in total. The Kier molecular flexibility index (Phi) is 5.07. The predicted octanol–water partition coefficient (Wildman–Crippen LogP) is 3.89. The van der Waals surface area contributed by atoms with Crippen molar-refractivity contribution in [2.24, 2.45) is 0 Å². The van der Waals surface area contributed by atoms with Gasteiger partial charge in [0.15, 0.2) is 5.79 Å². The van der Waals surface area contributed by atoms with Gasteiger partial charge in [0.05, 0.1) is 12.2 Å². The summed E-state index contributed by atoms with van der Waals surface area (Å²) in [6.07, 6.45) is 7.90. The zero-order valence-electron chi connectivity index (χ0n) is 10.7. The van der Waals surface area contributed by atoms with E-state index in [0.29, 0.717) is 12.2 Å². The van der Waals surface area contributed by atoms with E-state index in [-0.39, 0.29) is 5.79 Å². The number of hydrogen-bond acceptors (Lipinski definition) is 2. The number of unbranched alkanes of at least 4 members (excludes halogenated alkanes) is 2. The summed E-state index contributed by atoms with van der Waals surface area (Å²) in [4.78, 5) is 0. The van der Waals surface area contributed by atoms with Gasteiger partial charge >= 0.3 is 0 Å². The van der Waals surface area contributed by atoms with E-state index >= 15 is 0 Å². The summed E-state index contributed by atoms with van der Waals surface area (Å²) < 4.78 is 11.9. The maximum absolute atomic E-state index is 5.94. The third kappa shape index (κ3) is 4.12. The van der Waals surface area contributed by atoms with E-state index in [1.54, 1.807) is 0 Å². The fraction of sp³-hybridized carbons (Fsp3) is 1.00. The zero-order chi connectivity index (χ0) is 11.3. The van der Waals surface area contributed by atoms with Crippen molar-refractivity contribution in [3.63, 3.8) is 0 Å². The fourth-order valence-electron chi connectivity index (χ4n) is 2.21. The molecule has 0 aliphatic carbocycles. The zero-order valence-corrected chi connectivity index (χ0v) is 10.7. The van der Waals surface area contributed by atoms with Crippen molar-refractivity contribution >= 4 is 0 Å². The van der Waals surface area contributed by atoms with Crippen molar-refractivity contribution in [3.8, 4) is 0 Å². The van der Waals surface area contributed by atoms with Crippen molar-refractivity contribution in [2.75, 3.05) is 0 Å². The molecular formula is C13H26O2. The highest BCUT2D eigenvalue weighted by Gasteiger charge is 2.39. The number of hydrogen-bond donors (Lipinski definition) is 0. The van der Waals surface area contributed by atoms with Crippen LogP contribution in [0.3, 0.4) is 0 Å². The molecule has 0 aromatic rings. The molecule has 0 radical (unpaired) electrons. The summed E-state index contributed by atoms with van der Waals surface area (Å²) in [5.74, 6) is -0.364. The first-order valence-corrected chi connectivity index (χ1v) is 6.44. The second kappa shape index (κ2) is 5.86. The first-order valence-electron chi connectivity index (χ1n) is 6.44. The molecule has 1 saturated heterocycles. The predicted molar refractivity (Wildman–Crippen MR) is 62.9 cm³/mol. The largest absolute Gasteiger partial charge is 0.345 e. The normalized spacial score (nSPS) is 29.6. The summed E-state index contributed by atoms with van der Waals surface area (Å²) in [7, 11) is 0. The maximum atomic E-state index is 5.94. The van der Waals surface area contributed by atoms with Crippen LogP contribution in [0.1, 0.15) is 66.2 Å². The molecule has 1 aliphatic rings. The van der Waals surface area contributed by atoms with Crippen molar-refractivity contribution in [3.05, 3.63) is 0 Å². The fourth-order valence-corrected chi connectivity index (χ4v) is 2.21. The lowest BCUT2D eigenvalue weighted by Crippen LogP contribution is -2.22. The van der Waals surface area contributed by atoms with Gasteiger partial charge in [-0.25, -0.2) is 0 Å². The van der Waals surface area contributed by atoms with E-state index in [1.165, 1.54) is 25.7 Å². The Balaban J connectivity index is 2.42. The molecule has 0 aromatic heterocycles. The quantitative estimate of drug-likeness (QED) is 0.668. The van der Waals surface area contributed by atoms with E-state index in [2.05, 4.69) is 13.8 Å². The molecule has 1 fully saturated rings. The summed E-state index contributed by atoms with van der Waals surface area (Å²) in [5.41, 5.74) is 0. The smallest absolute Gasteiger partial charge is 0.163 e. The molecule has 0 N–H and O–H groups in total. The highest BCUT2D eigenvalue weighted by Crippen LogP contribution is 2.33. The lowest BCUT2D eigenvalue weighted by molar-refractivity contribution is -0.147. The summed E-state index contributed by atoms with van der Waals surface area (Å²) in [6.45, 7) is 8.50. The van der Waals surface area contributed by atoms with Gasteiger partial charge in [0.2, 0.25) is 0 Å². The molecule has 1 aliphatic heterocycles. The van der Waals surface area contributed by atoms with Crippen LogP contribution in [0.4, 0.5) is 0 Å². The molecule has 90 valence electrons. The minimum Gasteiger partial charge on any atom is -0.345 e. The van der Waals surface area contributed by atoms with Crippen LogP contribution in [-0.2, 0) is 9.47 Å². The van der Waals surface area contributed by atoms with Crippen LogP contribution in [0.5, 0.6) is 0 Å². The minimum absolute atomic E-state index is 0.325. The van der Waals surface area contributed by atoms with Gasteiger partial charge in [0, 0.05) is 0 Å². The Morgan fingerprint density at radius 1 is 0.867 bits per heavy atom. The molecule has 2 heteroatoms. The van der Waals surface area contributed by atoms with Crippen molar-refractivity contribution < 1.29 is 9.47 Å². The van der Waals surface area contributed by atoms with E-state index in [0.717, 1.165) is 12.8 Å². The minimum atomic E-state index is -0.364. The second-order valence-corrected chi connectivity index (χ2v) is 5.00. The van der Waals surface area contributed by atoms with Crippen molar-refractivity contribution in [2.45, 2.75) is 84.2 Å². The van der Waals surface area contributed by atoms with Gasteiger partial charge < -0.3 is 9.47 Å². The molecule has 0 unspecified atom stereocenters. The number of ether oxygens (including phenoxy) is 2. The molecule has 0 spiro atoms. The molecule has 0 aromatic carbocycles. The van der Waals surface area contributed by atoms with Crippen LogP contribution >= 0.6 is 0 Å². The highest BCUT2D eigenvalue weighted by atomic mass is 16.7. The third-order valence-corrected chi connectivity index (χ3v) is 2.97. The van der Waals surface area contributed by atoms with Crippen molar-refractivity contribution in [1.29, 1.82) is 0 Å². The summed E-state index contributed by atoms with van der Waals surface area (Å²) >= 11 is 0.